The number of halogens is 1. The van der Waals surface area contributed by atoms with Gasteiger partial charge in [0.1, 0.15) is 0 Å². The third-order valence-corrected chi connectivity index (χ3v) is 4.20. The molecule has 1 aromatic carbocycles. The summed E-state index contributed by atoms with van der Waals surface area (Å²) in [5.74, 6) is 0.136. The zero-order valence-electron chi connectivity index (χ0n) is 12.4. The smallest absolute Gasteiger partial charge is 0.173 e. The van der Waals surface area contributed by atoms with Crippen molar-refractivity contribution in [2.45, 2.75) is 46.1 Å². The van der Waals surface area contributed by atoms with Crippen molar-refractivity contribution in [2.75, 3.05) is 11.4 Å². The van der Waals surface area contributed by atoms with Gasteiger partial charge in [-0.3, -0.25) is 0 Å². The Kier molecular flexibility index (Phi) is 6.85. The minimum atomic E-state index is 0.136. The zero-order chi connectivity index (χ0) is 15.1. The second kappa shape index (κ2) is 8.15. The highest BCUT2D eigenvalue weighted by Crippen LogP contribution is 2.30. The predicted octanol–water partition coefficient (Wildman–Crippen LogP) is 3.95. The van der Waals surface area contributed by atoms with Gasteiger partial charge in [-0.25, -0.2) is 0 Å². The number of oxime groups is 1. The van der Waals surface area contributed by atoms with Crippen molar-refractivity contribution in [3.8, 4) is 0 Å². The molecule has 0 spiro atoms. The van der Waals surface area contributed by atoms with Crippen LogP contribution in [-0.4, -0.2) is 23.6 Å². The summed E-state index contributed by atoms with van der Waals surface area (Å²) >= 11 is 3.50. The van der Waals surface area contributed by atoms with Crippen LogP contribution < -0.4 is 10.6 Å². The maximum absolute atomic E-state index is 9.01. The zero-order valence-corrected chi connectivity index (χ0v) is 14.0. The largest absolute Gasteiger partial charge is 0.409 e. The number of nitrogens with zero attached hydrogens (tertiary/aromatic N) is 2. The van der Waals surface area contributed by atoms with E-state index < -0.39 is 0 Å². The van der Waals surface area contributed by atoms with E-state index in [1.807, 2.05) is 18.2 Å². The van der Waals surface area contributed by atoms with Crippen LogP contribution in [0.15, 0.2) is 27.8 Å². The topological polar surface area (TPSA) is 61.8 Å². The van der Waals surface area contributed by atoms with Crippen LogP contribution in [0, 0.1) is 0 Å². The van der Waals surface area contributed by atoms with Gasteiger partial charge >= 0.3 is 0 Å². The molecule has 0 fully saturated rings. The fraction of sp³-hybridized carbons (Fsp3) is 0.533. The van der Waals surface area contributed by atoms with Crippen molar-refractivity contribution in [1.29, 1.82) is 0 Å². The molecule has 1 rings (SSSR count). The molecule has 112 valence electrons. The minimum Gasteiger partial charge on any atom is -0.409 e. The molecule has 20 heavy (non-hydrogen) atoms. The molecule has 3 N–H and O–H groups in total. The molecule has 0 saturated heterocycles. The number of benzene rings is 1. The number of hydrogen-bond donors (Lipinski definition) is 2. The van der Waals surface area contributed by atoms with Gasteiger partial charge in [0.25, 0.3) is 0 Å². The summed E-state index contributed by atoms with van der Waals surface area (Å²) in [6.07, 6.45) is 3.30. The van der Waals surface area contributed by atoms with Crippen molar-refractivity contribution in [1.82, 2.24) is 0 Å². The lowest BCUT2D eigenvalue weighted by Gasteiger charge is -2.32. The van der Waals surface area contributed by atoms with E-state index in [9.17, 15) is 0 Å². The van der Waals surface area contributed by atoms with Crippen LogP contribution in [0.4, 0.5) is 5.69 Å². The Morgan fingerprint density at radius 3 is 2.70 bits per heavy atom. The quantitative estimate of drug-likeness (QED) is 0.341. The first kappa shape index (κ1) is 16.8. The molecule has 1 atom stereocenters. The highest BCUT2D eigenvalue weighted by atomic mass is 79.9. The molecule has 1 unspecified atom stereocenters. The van der Waals surface area contributed by atoms with E-state index in [1.165, 1.54) is 0 Å². The highest BCUT2D eigenvalue weighted by Gasteiger charge is 2.19. The number of anilines is 1. The second-order valence-corrected chi connectivity index (χ2v) is 5.78. The SMILES string of the molecule is CCCCN(c1cccc(Br)c1/C(N)=N/O)C(C)CC. The van der Waals surface area contributed by atoms with E-state index in [1.54, 1.807) is 0 Å². The Balaban J connectivity index is 3.28. The van der Waals surface area contributed by atoms with Gasteiger partial charge in [0, 0.05) is 22.7 Å². The van der Waals surface area contributed by atoms with E-state index in [0.717, 1.165) is 41.5 Å². The summed E-state index contributed by atoms with van der Waals surface area (Å²) in [6.45, 7) is 7.52. The van der Waals surface area contributed by atoms with Gasteiger partial charge in [-0.05, 0) is 47.8 Å². The summed E-state index contributed by atoms with van der Waals surface area (Å²) < 4.78 is 0.843. The molecule has 0 aliphatic rings. The van der Waals surface area contributed by atoms with Crippen LogP contribution in [0.3, 0.4) is 0 Å². The molecule has 0 amide bonds. The van der Waals surface area contributed by atoms with Crippen LogP contribution in [0.2, 0.25) is 0 Å². The van der Waals surface area contributed by atoms with Crippen molar-refractivity contribution < 1.29 is 5.21 Å². The summed E-state index contributed by atoms with van der Waals surface area (Å²) in [5, 5.41) is 12.2. The summed E-state index contributed by atoms with van der Waals surface area (Å²) in [7, 11) is 0. The van der Waals surface area contributed by atoms with Crippen LogP contribution in [0.1, 0.15) is 45.6 Å². The van der Waals surface area contributed by atoms with Gasteiger partial charge in [0.15, 0.2) is 5.84 Å². The summed E-state index contributed by atoms with van der Waals surface area (Å²) in [5.41, 5.74) is 7.61. The number of unbranched alkanes of at least 4 members (excludes halogenated alkanes) is 1. The monoisotopic (exact) mass is 341 g/mol. The molecular formula is C15H24BrN3O. The normalized spacial score (nSPS) is 13.3. The summed E-state index contributed by atoms with van der Waals surface area (Å²) in [4.78, 5) is 2.33. The van der Waals surface area contributed by atoms with Crippen molar-refractivity contribution >= 4 is 27.5 Å². The Morgan fingerprint density at radius 2 is 2.15 bits per heavy atom. The van der Waals surface area contributed by atoms with Crippen molar-refractivity contribution in [3.05, 3.63) is 28.2 Å². The lowest BCUT2D eigenvalue weighted by Crippen LogP contribution is -2.35. The maximum atomic E-state index is 9.01. The number of hydrogen-bond acceptors (Lipinski definition) is 3. The molecule has 0 saturated carbocycles. The molecule has 0 heterocycles. The highest BCUT2D eigenvalue weighted by molar-refractivity contribution is 9.10. The maximum Gasteiger partial charge on any atom is 0.173 e. The number of amidine groups is 1. The standard InChI is InChI=1S/C15H24BrN3O/c1-4-6-10-19(11(3)5-2)13-9-7-8-12(16)14(13)15(17)18-20/h7-9,11,20H,4-6,10H2,1-3H3,(H2,17,18). The fourth-order valence-electron chi connectivity index (χ4n) is 2.18. The molecule has 0 aromatic heterocycles. The predicted molar refractivity (Wildman–Crippen MR) is 88.7 cm³/mol. The third kappa shape index (κ3) is 3.88. The second-order valence-electron chi connectivity index (χ2n) is 4.92. The van der Waals surface area contributed by atoms with Crippen molar-refractivity contribution in [3.63, 3.8) is 0 Å². The van der Waals surface area contributed by atoms with E-state index in [2.05, 4.69) is 46.8 Å². The van der Waals surface area contributed by atoms with Gasteiger partial charge in [-0.1, -0.05) is 31.5 Å². The molecule has 1 aromatic rings. The van der Waals surface area contributed by atoms with Crippen LogP contribution in [0.25, 0.3) is 0 Å². The fourth-order valence-corrected chi connectivity index (χ4v) is 2.74. The van der Waals surface area contributed by atoms with Crippen molar-refractivity contribution in [2.24, 2.45) is 10.9 Å². The lowest BCUT2D eigenvalue weighted by atomic mass is 10.1. The molecule has 0 aliphatic heterocycles. The average molecular weight is 342 g/mol. The lowest BCUT2D eigenvalue weighted by molar-refractivity contribution is 0.318. The van der Waals surface area contributed by atoms with Crippen LogP contribution in [0.5, 0.6) is 0 Å². The first-order valence-electron chi connectivity index (χ1n) is 7.09. The van der Waals surface area contributed by atoms with Gasteiger partial charge < -0.3 is 15.8 Å². The van der Waals surface area contributed by atoms with Gasteiger partial charge in [-0.15, -0.1) is 0 Å². The minimum absolute atomic E-state index is 0.136. The molecular weight excluding hydrogens is 318 g/mol. The molecule has 5 heteroatoms. The average Bonchev–Trinajstić information content (AvgIpc) is 2.46. The Labute approximate surface area is 129 Å². The molecule has 0 bridgehead atoms. The third-order valence-electron chi connectivity index (χ3n) is 3.54. The summed E-state index contributed by atoms with van der Waals surface area (Å²) in [6, 6.07) is 6.32. The Bertz CT molecular complexity index is 462. The Morgan fingerprint density at radius 1 is 1.45 bits per heavy atom. The first-order valence-corrected chi connectivity index (χ1v) is 7.89. The van der Waals surface area contributed by atoms with E-state index in [0.29, 0.717) is 6.04 Å². The van der Waals surface area contributed by atoms with Gasteiger partial charge in [0.05, 0.1) is 5.56 Å². The molecule has 0 aliphatic carbocycles. The van der Waals surface area contributed by atoms with E-state index in [-0.39, 0.29) is 5.84 Å². The van der Waals surface area contributed by atoms with Crippen LogP contribution in [-0.2, 0) is 0 Å². The number of nitrogens with two attached hydrogens (primary N) is 1. The Hall–Kier alpha value is -1.23. The van der Waals surface area contributed by atoms with Gasteiger partial charge in [-0.2, -0.15) is 0 Å². The number of rotatable bonds is 7. The van der Waals surface area contributed by atoms with E-state index in [4.69, 9.17) is 10.9 Å². The molecule has 0 radical (unpaired) electrons. The van der Waals surface area contributed by atoms with Crippen LogP contribution >= 0.6 is 15.9 Å². The first-order chi connectivity index (χ1) is 9.56. The van der Waals surface area contributed by atoms with Gasteiger partial charge in [0.2, 0.25) is 0 Å². The molecule has 4 nitrogen and oxygen atoms in total. The van der Waals surface area contributed by atoms with E-state index >= 15 is 0 Å².